The van der Waals surface area contributed by atoms with Crippen molar-refractivity contribution in [2.75, 3.05) is 39.8 Å². The van der Waals surface area contributed by atoms with Crippen LogP contribution in [0.4, 0.5) is 0 Å². The van der Waals surface area contributed by atoms with Gasteiger partial charge in [0, 0.05) is 26.2 Å². The lowest BCUT2D eigenvalue weighted by atomic mass is 9.86. The average molecular weight is 240 g/mol. The molecule has 5 heteroatoms. The number of hydrogen-bond donors (Lipinski definition) is 2. The molecule has 1 unspecified atom stereocenters. The number of hydrogen-bond acceptors (Lipinski definition) is 3. The fraction of sp³-hybridized carbons (Fsp3) is 0.917. The number of nitrogens with zero attached hydrogens (tertiary/aromatic N) is 2. The number of aliphatic imine (C=N–C) groups is 1. The summed E-state index contributed by atoms with van der Waals surface area (Å²) in [5.74, 6) is 1.33. The van der Waals surface area contributed by atoms with Crippen LogP contribution in [-0.2, 0) is 4.74 Å². The SMILES string of the molecule is CN1CCOC(CNC(N)=NCC2CCC2)C1. The molecule has 1 aliphatic carbocycles. The first-order chi connectivity index (χ1) is 8.24. The highest BCUT2D eigenvalue weighted by molar-refractivity contribution is 5.77. The molecule has 1 aliphatic heterocycles. The van der Waals surface area contributed by atoms with Gasteiger partial charge in [0.2, 0.25) is 0 Å². The van der Waals surface area contributed by atoms with Crippen molar-refractivity contribution in [2.24, 2.45) is 16.6 Å². The fourth-order valence-electron chi connectivity index (χ4n) is 2.17. The largest absolute Gasteiger partial charge is 0.374 e. The first-order valence-electron chi connectivity index (χ1n) is 6.58. The topological polar surface area (TPSA) is 62.9 Å². The number of nitrogens with two attached hydrogens (primary N) is 1. The molecule has 1 atom stereocenters. The summed E-state index contributed by atoms with van der Waals surface area (Å²) >= 11 is 0. The Morgan fingerprint density at radius 2 is 2.35 bits per heavy atom. The number of likely N-dealkylation sites (N-methyl/N-ethyl adjacent to an activating group) is 1. The van der Waals surface area contributed by atoms with E-state index in [1.807, 2.05) is 0 Å². The Bertz CT molecular complexity index is 265. The summed E-state index contributed by atoms with van der Waals surface area (Å²) in [6.07, 6.45) is 4.21. The molecular weight excluding hydrogens is 216 g/mol. The summed E-state index contributed by atoms with van der Waals surface area (Å²) in [6.45, 7) is 4.42. The van der Waals surface area contributed by atoms with Crippen molar-refractivity contribution in [3.8, 4) is 0 Å². The third kappa shape index (κ3) is 4.16. The molecule has 2 rings (SSSR count). The Morgan fingerprint density at radius 1 is 1.53 bits per heavy atom. The lowest BCUT2D eigenvalue weighted by Crippen LogP contribution is -2.47. The third-order valence-electron chi connectivity index (χ3n) is 3.60. The summed E-state index contributed by atoms with van der Waals surface area (Å²) in [4.78, 5) is 6.64. The van der Waals surface area contributed by atoms with Crippen LogP contribution in [0.3, 0.4) is 0 Å². The van der Waals surface area contributed by atoms with Gasteiger partial charge in [-0.25, -0.2) is 0 Å². The highest BCUT2D eigenvalue weighted by Gasteiger charge is 2.18. The predicted molar refractivity (Wildman–Crippen MR) is 69.1 cm³/mol. The second-order valence-corrected chi connectivity index (χ2v) is 5.16. The molecule has 98 valence electrons. The van der Waals surface area contributed by atoms with Crippen molar-refractivity contribution in [2.45, 2.75) is 25.4 Å². The van der Waals surface area contributed by atoms with Crippen LogP contribution in [0.15, 0.2) is 4.99 Å². The monoisotopic (exact) mass is 240 g/mol. The first-order valence-corrected chi connectivity index (χ1v) is 6.58. The van der Waals surface area contributed by atoms with Crippen molar-refractivity contribution in [1.82, 2.24) is 10.2 Å². The van der Waals surface area contributed by atoms with Gasteiger partial charge >= 0.3 is 0 Å². The van der Waals surface area contributed by atoms with Gasteiger partial charge in [0.15, 0.2) is 5.96 Å². The van der Waals surface area contributed by atoms with Gasteiger partial charge in [-0.05, 0) is 25.8 Å². The molecule has 0 spiro atoms. The maximum Gasteiger partial charge on any atom is 0.188 e. The maximum absolute atomic E-state index is 5.82. The lowest BCUT2D eigenvalue weighted by Gasteiger charge is -2.30. The molecular formula is C12H24N4O. The molecule has 0 aromatic carbocycles. The van der Waals surface area contributed by atoms with Gasteiger partial charge in [-0.2, -0.15) is 0 Å². The van der Waals surface area contributed by atoms with Gasteiger partial charge in [-0.1, -0.05) is 6.42 Å². The molecule has 0 aromatic rings. The Morgan fingerprint density at radius 3 is 3.00 bits per heavy atom. The summed E-state index contributed by atoms with van der Waals surface area (Å²) < 4.78 is 5.64. The number of nitrogens with one attached hydrogen (secondary N) is 1. The van der Waals surface area contributed by atoms with Crippen molar-refractivity contribution >= 4 is 5.96 Å². The average Bonchev–Trinajstić information content (AvgIpc) is 2.24. The Balaban J connectivity index is 1.62. The molecule has 1 saturated carbocycles. The molecule has 0 amide bonds. The predicted octanol–water partition coefficient (Wildman–Crippen LogP) is 0.0214. The molecule has 1 saturated heterocycles. The van der Waals surface area contributed by atoms with E-state index >= 15 is 0 Å². The summed E-state index contributed by atoms with van der Waals surface area (Å²) in [7, 11) is 2.11. The van der Waals surface area contributed by atoms with Gasteiger partial charge in [0.1, 0.15) is 0 Å². The normalized spacial score (nSPS) is 27.8. The molecule has 1 heterocycles. The zero-order valence-corrected chi connectivity index (χ0v) is 10.7. The van der Waals surface area contributed by atoms with Crippen LogP contribution in [0.2, 0.25) is 0 Å². The van der Waals surface area contributed by atoms with E-state index in [0.29, 0.717) is 5.96 Å². The lowest BCUT2D eigenvalue weighted by molar-refractivity contribution is -0.0160. The molecule has 5 nitrogen and oxygen atoms in total. The van der Waals surface area contributed by atoms with Gasteiger partial charge in [0.05, 0.1) is 12.7 Å². The summed E-state index contributed by atoms with van der Waals surface area (Å²) in [5.41, 5.74) is 5.82. The second-order valence-electron chi connectivity index (χ2n) is 5.16. The molecule has 2 fully saturated rings. The highest BCUT2D eigenvalue weighted by atomic mass is 16.5. The van der Waals surface area contributed by atoms with Crippen molar-refractivity contribution in [3.63, 3.8) is 0 Å². The molecule has 3 N–H and O–H groups in total. The van der Waals surface area contributed by atoms with Crippen LogP contribution in [0.1, 0.15) is 19.3 Å². The van der Waals surface area contributed by atoms with Crippen molar-refractivity contribution < 1.29 is 4.74 Å². The van der Waals surface area contributed by atoms with E-state index in [-0.39, 0.29) is 6.10 Å². The zero-order valence-electron chi connectivity index (χ0n) is 10.7. The van der Waals surface area contributed by atoms with E-state index in [1.54, 1.807) is 0 Å². The van der Waals surface area contributed by atoms with E-state index in [4.69, 9.17) is 10.5 Å². The Kier molecular flexibility index (Phi) is 4.62. The standard InChI is InChI=1S/C12H24N4O/c1-16-5-6-17-11(9-16)8-15-12(13)14-7-10-3-2-4-10/h10-11H,2-9H2,1H3,(H3,13,14,15). The first kappa shape index (κ1) is 12.6. The summed E-state index contributed by atoms with van der Waals surface area (Å²) in [5, 5.41) is 3.15. The number of guanidine groups is 1. The Hall–Kier alpha value is -0.810. The van der Waals surface area contributed by atoms with Crippen molar-refractivity contribution in [3.05, 3.63) is 0 Å². The summed E-state index contributed by atoms with van der Waals surface area (Å²) in [6, 6.07) is 0. The quantitative estimate of drug-likeness (QED) is 0.537. The zero-order chi connectivity index (χ0) is 12.1. The Labute approximate surface area is 103 Å². The highest BCUT2D eigenvalue weighted by Crippen LogP contribution is 2.26. The molecule has 0 aromatic heterocycles. The van der Waals surface area contributed by atoms with Crippen molar-refractivity contribution in [1.29, 1.82) is 0 Å². The third-order valence-corrected chi connectivity index (χ3v) is 3.60. The van der Waals surface area contributed by atoms with E-state index in [1.165, 1.54) is 19.3 Å². The van der Waals surface area contributed by atoms with Crippen LogP contribution < -0.4 is 11.1 Å². The minimum atomic E-state index is 0.228. The van der Waals surface area contributed by atoms with E-state index < -0.39 is 0 Å². The molecule has 2 aliphatic rings. The molecule has 0 bridgehead atoms. The van der Waals surface area contributed by atoms with Crippen LogP contribution in [0, 0.1) is 5.92 Å². The van der Waals surface area contributed by atoms with E-state index in [9.17, 15) is 0 Å². The van der Waals surface area contributed by atoms with Crippen LogP contribution >= 0.6 is 0 Å². The second kappa shape index (κ2) is 6.21. The van der Waals surface area contributed by atoms with Gasteiger partial charge in [-0.3, -0.25) is 4.99 Å². The molecule has 17 heavy (non-hydrogen) atoms. The van der Waals surface area contributed by atoms with Gasteiger partial charge in [-0.15, -0.1) is 0 Å². The number of morpholine rings is 1. The minimum absolute atomic E-state index is 0.228. The smallest absolute Gasteiger partial charge is 0.188 e. The van der Waals surface area contributed by atoms with Crippen LogP contribution in [-0.4, -0.2) is 56.8 Å². The fourth-order valence-corrected chi connectivity index (χ4v) is 2.17. The van der Waals surface area contributed by atoms with Crippen LogP contribution in [0.25, 0.3) is 0 Å². The number of ether oxygens (including phenoxy) is 1. The van der Waals surface area contributed by atoms with Gasteiger partial charge in [0.25, 0.3) is 0 Å². The maximum atomic E-state index is 5.82. The van der Waals surface area contributed by atoms with E-state index in [0.717, 1.165) is 38.7 Å². The number of rotatable bonds is 4. The van der Waals surface area contributed by atoms with E-state index in [2.05, 4.69) is 22.3 Å². The van der Waals surface area contributed by atoms with Crippen LogP contribution in [0.5, 0.6) is 0 Å². The van der Waals surface area contributed by atoms with Gasteiger partial charge < -0.3 is 20.7 Å². The minimum Gasteiger partial charge on any atom is -0.374 e. The molecule has 0 radical (unpaired) electrons.